The van der Waals surface area contributed by atoms with Gasteiger partial charge in [-0.2, -0.15) is 0 Å². The lowest BCUT2D eigenvalue weighted by molar-refractivity contribution is -0.148. The van der Waals surface area contributed by atoms with Crippen LogP contribution in [0.2, 0.25) is 0 Å². The highest BCUT2D eigenvalue weighted by Crippen LogP contribution is 2.29. The molecule has 0 spiro atoms. The predicted octanol–water partition coefficient (Wildman–Crippen LogP) is 3.91. The van der Waals surface area contributed by atoms with Gasteiger partial charge in [-0.25, -0.2) is 4.79 Å². The molecular weight excluding hydrogens is 640 g/mol. The van der Waals surface area contributed by atoms with Crippen molar-refractivity contribution >= 4 is 29.6 Å². The second kappa shape index (κ2) is 20.4. The van der Waals surface area contributed by atoms with E-state index < -0.39 is 54.2 Å². The predicted molar refractivity (Wildman–Crippen MR) is 192 cm³/mol. The van der Waals surface area contributed by atoms with Gasteiger partial charge in [0, 0.05) is 40.7 Å². The maximum absolute atomic E-state index is 14.1. The SMILES string of the molecule is CC[C@H](C)[C@H]([C@@H](CC(=O)N1CCCC1[C@H](OC)[C@@H](C)C(=O)N[C@H](Cc1ccccc1)C(=O)O)OC)N(C)C(=O)[C@@H](NC(=O)CC(C)C)C(C)C. The molecule has 0 saturated carbocycles. The van der Waals surface area contributed by atoms with Crippen LogP contribution in [0.5, 0.6) is 0 Å². The number of carboxylic acid groups (broad SMARTS) is 1. The summed E-state index contributed by atoms with van der Waals surface area (Å²) in [5, 5.41) is 15.5. The number of amides is 4. The molecule has 1 aromatic carbocycles. The van der Waals surface area contributed by atoms with Gasteiger partial charge in [-0.05, 0) is 36.2 Å². The molecule has 8 atom stereocenters. The number of rotatable bonds is 20. The van der Waals surface area contributed by atoms with Gasteiger partial charge in [0.05, 0.1) is 36.6 Å². The zero-order chi connectivity index (χ0) is 37.7. The van der Waals surface area contributed by atoms with Crippen molar-refractivity contribution in [3.8, 4) is 0 Å². The lowest BCUT2D eigenvalue weighted by Crippen LogP contribution is -2.58. The number of carbonyl (C=O) groups is 5. The Labute approximate surface area is 299 Å². The van der Waals surface area contributed by atoms with Crippen LogP contribution in [0.3, 0.4) is 0 Å². The number of likely N-dealkylation sites (N-methyl/N-ethyl adjacent to an activating group) is 1. The number of hydrogen-bond acceptors (Lipinski definition) is 7. The Morgan fingerprint density at radius 2 is 1.60 bits per heavy atom. The fourth-order valence-corrected chi connectivity index (χ4v) is 7.00. The molecule has 1 aliphatic heterocycles. The van der Waals surface area contributed by atoms with Gasteiger partial charge in [0.2, 0.25) is 23.6 Å². The lowest BCUT2D eigenvalue weighted by atomic mass is 9.89. The van der Waals surface area contributed by atoms with Gasteiger partial charge in [0.15, 0.2) is 0 Å². The van der Waals surface area contributed by atoms with E-state index in [1.54, 1.807) is 23.8 Å². The standard InChI is InChI=1S/C38H62N4O8/c1-11-25(6)34(41(8)37(46)33(24(4)5)40-31(43)20-23(2)3)30(49-9)22-32(44)42-19-15-18-29(42)35(50-10)26(7)36(45)39-28(38(47)48)21-27-16-13-12-14-17-27/h12-14,16-17,23-26,28-30,33-35H,11,15,18-22H2,1-10H3,(H,39,45)(H,40,43)(H,47,48)/t25-,26+,28+,29?,30+,33-,34+,35+/m0/s1. The minimum absolute atomic E-state index is 0.000849. The first kappa shape index (κ1) is 42.7. The molecule has 4 amide bonds. The number of nitrogens with one attached hydrogen (secondary N) is 2. The maximum Gasteiger partial charge on any atom is 0.326 e. The summed E-state index contributed by atoms with van der Waals surface area (Å²) in [6.45, 7) is 13.9. The summed E-state index contributed by atoms with van der Waals surface area (Å²) >= 11 is 0. The monoisotopic (exact) mass is 702 g/mol. The minimum atomic E-state index is -1.14. The van der Waals surface area contributed by atoms with E-state index in [2.05, 4.69) is 10.6 Å². The molecule has 2 rings (SSSR count). The minimum Gasteiger partial charge on any atom is -0.480 e. The third-order valence-electron chi connectivity index (χ3n) is 10.00. The topological polar surface area (TPSA) is 155 Å². The van der Waals surface area contributed by atoms with Gasteiger partial charge in [0.25, 0.3) is 0 Å². The average Bonchev–Trinajstić information content (AvgIpc) is 3.55. The van der Waals surface area contributed by atoms with Crippen LogP contribution >= 0.6 is 0 Å². The third-order valence-corrected chi connectivity index (χ3v) is 10.00. The van der Waals surface area contributed by atoms with Crippen LogP contribution in [0, 0.1) is 23.7 Å². The van der Waals surface area contributed by atoms with E-state index in [1.807, 2.05) is 71.9 Å². The van der Waals surface area contributed by atoms with Crippen molar-refractivity contribution in [1.82, 2.24) is 20.4 Å². The van der Waals surface area contributed by atoms with Crippen molar-refractivity contribution in [1.29, 1.82) is 0 Å². The van der Waals surface area contributed by atoms with E-state index in [4.69, 9.17) is 9.47 Å². The second-order valence-corrected chi connectivity index (χ2v) is 14.6. The number of nitrogens with zero attached hydrogens (tertiary/aromatic N) is 2. The van der Waals surface area contributed by atoms with Crippen molar-refractivity contribution in [3.63, 3.8) is 0 Å². The van der Waals surface area contributed by atoms with Crippen molar-refractivity contribution in [2.45, 2.75) is 123 Å². The molecule has 0 radical (unpaired) electrons. The number of aliphatic carboxylic acids is 1. The lowest BCUT2D eigenvalue weighted by Gasteiger charge is -2.40. The number of ether oxygens (including phenoxy) is 2. The zero-order valence-electron chi connectivity index (χ0n) is 31.8. The van der Waals surface area contributed by atoms with Crippen LogP contribution in [0.25, 0.3) is 0 Å². The molecule has 1 saturated heterocycles. The smallest absolute Gasteiger partial charge is 0.326 e. The first-order valence-electron chi connectivity index (χ1n) is 18.1. The number of carbonyl (C=O) groups excluding carboxylic acids is 4. The Morgan fingerprint density at radius 3 is 2.12 bits per heavy atom. The highest BCUT2D eigenvalue weighted by atomic mass is 16.5. The van der Waals surface area contributed by atoms with Crippen LogP contribution in [0.15, 0.2) is 30.3 Å². The van der Waals surface area contributed by atoms with E-state index in [0.717, 1.165) is 12.0 Å². The van der Waals surface area contributed by atoms with E-state index in [9.17, 15) is 29.1 Å². The fourth-order valence-electron chi connectivity index (χ4n) is 7.00. The molecule has 12 heteroatoms. The van der Waals surface area contributed by atoms with E-state index >= 15 is 0 Å². The number of methoxy groups -OCH3 is 2. The molecule has 282 valence electrons. The summed E-state index contributed by atoms with van der Waals surface area (Å²) in [6.07, 6.45) is 1.20. The van der Waals surface area contributed by atoms with Crippen molar-refractivity contribution in [3.05, 3.63) is 35.9 Å². The Hall–Kier alpha value is -3.51. The molecule has 0 bridgehead atoms. The highest BCUT2D eigenvalue weighted by molar-refractivity contribution is 5.88. The number of hydrogen-bond donors (Lipinski definition) is 3. The van der Waals surface area contributed by atoms with Gasteiger partial charge in [-0.3, -0.25) is 19.2 Å². The summed E-state index contributed by atoms with van der Waals surface area (Å²) in [5.74, 6) is -2.96. The normalized spacial score (nSPS) is 18.9. The molecule has 1 fully saturated rings. The van der Waals surface area contributed by atoms with E-state index in [-0.39, 0.29) is 48.3 Å². The number of benzene rings is 1. The van der Waals surface area contributed by atoms with Gasteiger partial charge >= 0.3 is 5.97 Å². The second-order valence-electron chi connectivity index (χ2n) is 14.6. The van der Waals surface area contributed by atoms with Gasteiger partial charge in [-0.15, -0.1) is 0 Å². The fraction of sp³-hybridized carbons (Fsp3) is 0.711. The first-order chi connectivity index (χ1) is 23.6. The van der Waals surface area contributed by atoms with Crippen LogP contribution in [0.1, 0.15) is 86.1 Å². The molecule has 0 aliphatic carbocycles. The van der Waals surface area contributed by atoms with Crippen LogP contribution in [0.4, 0.5) is 0 Å². The van der Waals surface area contributed by atoms with Gasteiger partial charge in [0.1, 0.15) is 12.1 Å². The first-order valence-corrected chi connectivity index (χ1v) is 18.1. The molecule has 3 N–H and O–H groups in total. The van der Waals surface area contributed by atoms with E-state index in [0.29, 0.717) is 25.8 Å². The number of carboxylic acids is 1. The molecule has 0 aromatic heterocycles. The molecular formula is C38H62N4O8. The maximum atomic E-state index is 14.1. The third kappa shape index (κ3) is 11.8. The Kier molecular flexibility index (Phi) is 17.4. The Bertz CT molecular complexity index is 1260. The summed E-state index contributed by atoms with van der Waals surface area (Å²) in [4.78, 5) is 69.5. The largest absolute Gasteiger partial charge is 0.480 e. The Balaban J connectivity index is 2.24. The highest BCUT2D eigenvalue weighted by Gasteiger charge is 2.43. The average molecular weight is 703 g/mol. The molecule has 1 aliphatic rings. The molecule has 1 heterocycles. The van der Waals surface area contributed by atoms with Gasteiger partial charge < -0.3 is 35.0 Å². The molecule has 50 heavy (non-hydrogen) atoms. The zero-order valence-corrected chi connectivity index (χ0v) is 31.8. The van der Waals surface area contributed by atoms with Crippen LogP contribution in [-0.2, 0) is 39.9 Å². The van der Waals surface area contributed by atoms with Crippen molar-refractivity contribution in [2.24, 2.45) is 23.7 Å². The van der Waals surface area contributed by atoms with Gasteiger partial charge in [-0.1, -0.05) is 85.2 Å². The molecule has 12 nitrogen and oxygen atoms in total. The summed E-state index contributed by atoms with van der Waals surface area (Å²) < 4.78 is 11.8. The van der Waals surface area contributed by atoms with Crippen molar-refractivity contribution in [2.75, 3.05) is 27.8 Å². The molecule has 1 aromatic rings. The van der Waals surface area contributed by atoms with Crippen molar-refractivity contribution < 1.29 is 38.6 Å². The summed E-state index contributed by atoms with van der Waals surface area (Å²) in [5.41, 5.74) is 0.787. The van der Waals surface area contributed by atoms with Crippen LogP contribution < -0.4 is 10.6 Å². The van der Waals surface area contributed by atoms with Crippen LogP contribution in [-0.4, -0.2) is 109 Å². The summed E-state index contributed by atoms with van der Waals surface area (Å²) in [6, 6.07) is 6.39. The quantitative estimate of drug-likeness (QED) is 0.185. The molecule has 1 unspecified atom stereocenters. The Morgan fingerprint density at radius 1 is 0.960 bits per heavy atom. The number of likely N-dealkylation sites (tertiary alicyclic amines) is 1. The van der Waals surface area contributed by atoms with E-state index in [1.165, 1.54) is 14.2 Å². The summed E-state index contributed by atoms with van der Waals surface area (Å²) in [7, 11) is 4.74.